The fourth-order valence-corrected chi connectivity index (χ4v) is 4.38. The van der Waals surface area contributed by atoms with Gasteiger partial charge in [0.2, 0.25) is 0 Å². The van der Waals surface area contributed by atoms with Crippen LogP contribution in [0.2, 0.25) is 0 Å². The quantitative estimate of drug-likeness (QED) is 0.135. The molecule has 4 aromatic rings. The summed E-state index contributed by atoms with van der Waals surface area (Å²) in [6.07, 6.45) is 3.02. The van der Waals surface area contributed by atoms with Gasteiger partial charge in [-0.25, -0.2) is 0 Å². The monoisotopic (exact) mass is 675 g/mol. The Balaban J connectivity index is 0.000000532. The molecule has 2 aromatic heterocycles. The van der Waals surface area contributed by atoms with Gasteiger partial charge in [0.05, 0.1) is 5.76 Å². The molecule has 0 saturated carbocycles. The molecule has 197 valence electrons. The van der Waals surface area contributed by atoms with Gasteiger partial charge in [-0.2, -0.15) is 0 Å². The summed E-state index contributed by atoms with van der Waals surface area (Å²) >= 11 is 0. The maximum Gasteiger partial charge on any atom is 0.155 e. The van der Waals surface area contributed by atoms with Crippen LogP contribution in [-0.2, 0) is 30.3 Å². The van der Waals surface area contributed by atoms with E-state index in [0.717, 1.165) is 33.6 Å². The molecule has 2 aromatic carbocycles. The fraction of sp³-hybridized carbons (Fsp3) is 0.312. The van der Waals surface area contributed by atoms with Crippen molar-refractivity contribution in [3.05, 3.63) is 88.3 Å². The zero-order chi connectivity index (χ0) is 26.8. The summed E-state index contributed by atoms with van der Waals surface area (Å²) in [5, 5.41) is 9.43. The molecule has 0 aliphatic carbocycles. The number of carbonyl (C=O) groups excluding carboxylic acids is 1. The molecule has 2 heterocycles. The maximum absolute atomic E-state index is 10.0. The second-order valence-electron chi connectivity index (χ2n) is 10.6. The molecular formula is C32H36IrNO3-. The number of pyridine rings is 1. The van der Waals surface area contributed by atoms with E-state index in [1.54, 1.807) is 0 Å². The van der Waals surface area contributed by atoms with Gasteiger partial charge < -0.3 is 14.5 Å². The fourth-order valence-electron chi connectivity index (χ4n) is 4.38. The van der Waals surface area contributed by atoms with Crippen LogP contribution in [0.5, 0.6) is 0 Å². The third-order valence-corrected chi connectivity index (χ3v) is 5.89. The summed E-state index contributed by atoms with van der Waals surface area (Å²) in [4.78, 5) is 14.7. The van der Waals surface area contributed by atoms with Crippen molar-refractivity contribution in [1.29, 1.82) is 0 Å². The molecule has 5 heteroatoms. The molecule has 0 unspecified atom stereocenters. The van der Waals surface area contributed by atoms with Crippen LogP contribution in [0.25, 0.3) is 33.6 Å². The van der Waals surface area contributed by atoms with Gasteiger partial charge in [0.1, 0.15) is 11.3 Å². The number of hydrogen-bond acceptors (Lipinski definition) is 4. The van der Waals surface area contributed by atoms with Crippen molar-refractivity contribution >= 4 is 16.8 Å². The number of nitrogens with zero attached hydrogens (tertiary/aromatic N) is 1. The van der Waals surface area contributed by atoms with Crippen molar-refractivity contribution in [1.82, 2.24) is 4.98 Å². The van der Waals surface area contributed by atoms with Crippen molar-refractivity contribution in [2.24, 2.45) is 0 Å². The standard InChI is InChI=1S/C27H28NO.C5H8O2.Ir/c1-16-10-17(2)12-21(11-16)25-26-20(8-9-28-25)15-23(29-26)24-18(3)13-22(14-19(24)4)27(5,6)7;1-4(6)3-5(2)7;/h8-11,13-15H,1-7H3;3,6H,1-2H3;/q-1;;/b;4-3-;. The number of hydrogen-bond donors (Lipinski definition) is 1. The minimum absolute atomic E-state index is 0. The summed E-state index contributed by atoms with van der Waals surface area (Å²) in [6, 6.07) is 16.4. The Morgan fingerprint density at radius 3 is 2.11 bits per heavy atom. The minimum Gasteiger partial charge on any atom is -0.512 e. The largest absolute Gasteiger partial charge is 0.512 e. The van der Waals surface area contributed by atoms with E-state index in [1.165, 1.54) is 47.7 Å². The molecule has 0 saturated heterocycles. The summed E-state index contributed by atoms with van der Waals surface area (Å²) in [7, 11) is 0. The van der Waals surface area contributed by atoms with Crippen LogP contribution >= 0.6 is 0 Å². The Hall–Kier alpha value is -3.01. The minimum atomic E-state index is -0.125. The number of aryl methyl sites for hydroxylation is 4. The van der Waals surface area contributed by atoms with Crippen molar-refractivity contribution in [3.8, 4) is 22.6 Å². The molecule has 1 N–H and O–H groups in total. The van der Waals surface area contributed by atoms with Crippen molar-refractivity contribution in [3.63, 3.8) is 0 Å². The number of furan rings is 1. The zero-order valence-electron chi connectivity index (χ0n) is 23.2. The average Bonchev–Trinajstić information content (AvgIpc) is 3.15. The number of rotatable bonds is 3. The van der Waals surface area contributed by atoms with E-state index >= 15 is 0 Å². The first kappa shape index (κ1) is 30.2. The predicted octanol–water partition coefficient (Wildman–Crippen LogP) is 8.53. The van der Waals surface area contributed by atoms with E-state index in [1.807, 2.05) is 12.3 Å². The van der Waals surface area contributed by atoms with Gasteiger partial charge in [0.15, 0.2) is 5.78 Å². The Kier molecular flexibility index (Phi) is 9.82. The first-order valence-electron chi connectivity index (χ1n) is 12.2. The smallest absolute Gasteiger partial charge is 0.155 e. The average molecular weight is 675 g/mol. The van der Waals surface area contributed by atoms with Crippen LogP contribution in [0, 0.1) is 33.8 Å². The Labute approximate surface area is 234 Å². The first-order chi connectivity index (χ1) is 16.8. The van der Waals surface area contributed by atoms with Crippen LogP contribution < -0.4 is 0 Å². The Morgan fingerprint density at radius 2 is 1.62 bits per heavy atom. The van der Waals surface area contributed by atoms with E-state index in [0.29, 0.717) is 0 Å². The molecule has 0 amide bonds. The number of ketones is 1. The maximum atomic E-state index is 10.0. The molecule has 4 nitrogen and oxygen atoms in total. The number of aliphatic hydroxyl groups excluding tert-OH is 1. The second-order valence-corrected chi connectivity index (χ2v) is 10.6. The summed E-state index contributed by atoms with van der Waals surface area (Å²) < 4.78 is 6.42. The molecule has 1 radical (unpaired) electrons. The van der Waals surface area contributed by atoms with E-state index in [4.69, 9.17) is 9.52 Å². The van der Waals surface area contributed by atoms with Crippen molar-refractivity contribution in [2.45, 2.75) is 67.7 Å². The van der Waals surface area contributed by atoms with Gasteiger partial charge in [-0.1, -0.05) is 46.8 Å². The number of benzene rings is 2. The molecule has 0 aliphatic heterocycles. The van der Waals surface area contributed by atoms with Gasteiger partial charge in [-0.15, -0.1) is 34.9 Å². The van der Waals surface area contributed by atoms with Crippen LogP contribution in [0.15, 0.2) is 58.8 Å². The molecule has 0 fully saturated rings. The van der Waals surface area contributed by atoms with Crippen LogP contribution in [0.1, 0.15) is 62.4 Å². The molecular weight excluding hydrogens is 639 g/mol. The van der Waals surface area contributed by atoms with Gasteiger partial charge in [-0.3, -0.25) is 4.79 Å². The SMILES string of the molecule is CC(=O)/C=C(/C)O.Cc1[c-]c(-c2nccc3cc(-c4c(C)cc(C(C)(C)C)cc4C)oc23)cc(C)c1.[Ir]. The zero-order valence-corrected chi connectivity index (χ0v) is 25.6. The number of aliphatic hydroxyl groups is 1. The molecule has 0 bridgehead atoms. The third kappa shape index (κ3) is 7.50. The Morgan fingerprint density at radius 1 is 1.00 bits per heavy atom. The topological polar surface area (TPSA) is 63.3 Å². The van der Waals surface area contributed by atoms with Crippen molar-refractivity contribution < 1.29 is 34.4 Å². The van der Waals surface area contributed by atoms with Gasteiger partial charge in [0, 0.05) is 49.0 Å². The second kappa shape index (κ2) is 12.0. The van der Waals surface area contributed by atoms with Gasteiger partial charge in [-0.05, 0) is 61.9 Å². The van der Waals surface area contributed by atoms with Crippen LogP contribution in [-0.4, -0.2) is 15.9 Å². The number of allylic oxidation sites excluding steroid dienone is 2. The number of fused-ring (bicyclic) bond motifs is 1. The normalized spacial score (nSPS) is 11.5. The number of carbonyl (C=O) groups is 1. The number of aromatic nitrogens is 1. The summed E-state index contributed by atoms with van der Waals surface area (Å²) in [5.41, 5.74) is 10.1. The van der Waals surface area contributed by atoms with Gasteiger partial charge >= 0.3 is 0 Å². The molecule has 0 spiro atoms. The van der Waals surface area contributed by atoms with E-state index in [2.05, 4.69) is 89.8 Å². The van der Waals surface area contributed by atoms with Crippen LogP contribution in [0.3, 0.4) is 0 Å². The van der Waals surface area contributed by atoms with E-state index in [9.17, 15) is 4.79 Å². The van der Waals surface area contributed by atoms with Gasteiger partial charge in [0.25, 0.3) is 0 Å². The summed E-state index contributed by atoms with van der Waals surface area (Å²) in [5.74, 6) is 0.835. The summed E-state index contributed by atoms with van der Waals surface area (Å²) in [6.45, 7) is 18.1. The molecule has 37 heavy (non-hydrogen) atoms. The van der Waals surface area contributed by atoms with Crippen molar-refractivity contribution in [2.75, 3.05) is 0 Å². The first-order valence-corrected chi connectivity index (χ1v) is 12.2. The Bertz CT molecular complexity index is 1410. The molecule has 0 aliphatic rings. The molecule has 0 atom stereocenters. The van der Waals surface area contributed by atoms with Crippen LogP contribution in [0.4, 0.5) is 0 Å². The molecule has 4 rings (SSSR count). The predicted molar refractivity (Wildman–Crippen MR) is 148 cm³/mol. The van der Waals surface area contributed by atoms with E-state index in [-0.39, 0.29) is 37.1 Å². The van der Waals surface area contributed by atoms with E-state index < -0.39 is 0 Å². The third-order valence-electron chi connectivity index (χ3n) is 5.89.